The van der Waals surface area contributed by atoms with E-state index in [9.17, 15) is 5.11 Å². The molecule has 0 aliphatic carbocycles. The first-order valence-electron chi connectivity index (χ1n) is 3.85. The number of aromatic nitrogens is 3. The molecular formula is C8H8BrN3O. The Kier molecular flexibility index (Phi) is 2.05. The van der Waals surface area contributed by atoms with Crippen LogP contribution in [-0.4, -0.2) is 20.1 Å². The van der Waals surface area contributed by atoms with Crippen LogP contribution in [0.15, 0.2) is 16.9 Å². The van der Waals surface area contributed by atoms with E-state index < -0.39 is 6.10 Å². The molecule has 2 rings (SSSR count). The number of nitrogens with zero attached hydrogens (tertiary/aromatic N) is 2. The maximum atomic E-state index is 9.29. The van der Waals surface area contributed by atoms with Crippen molar-refractivity contribution in [3.8, 4) is 0 Å². The molecule has 0 saturated carbocycles. The number of hydrogen-bond acceptors (Lipinski definition) is 3. The smallest absolute Gasteiger partial charge is 0.136 e. The maximum Gasteiger partial charge on any atom is 0.136 e. The number of aliphatic hydroxyl groups excluding tert-OH is 1. The number of aliphatic hydroxyl groups is 1. The normalized spacial score (nSPS) is 13.5. The molecule has 0 aliphatic rings. The van der Waals surface area contributed by atoms with Crippen LogP contribution < -0.4 is 0 Å². The molecule has 0 amide bonds. The van der Waals surface area contributed by atoms with E-state index in [1.807, 2.05) is 0 Å². The van der Waals surface area contributed by atoms with Gasteiger partial charge >= 0.3 is 0 Å². The molecule has 68 valence electrons. The topological polar surface area (TPSA) is 61.8 Å². The van der Waals surface area contributed by atoms with E-state index in [4.69, 9.17) is 0 Å². The van der Waals surface area contributed by atoms with Gasteiger partial charge in [0.2, 0.25) is 0 Å². The average Bonchev–Trinajstić information content (AvgIpc) is 2.49. The Hall–Kier alpha value is -0.940. The fourth-order valence-corrected chi connectivity index (χ4v) is 1.54. The van der Waals surface area contributed by atoms with Gasteiger partial charge in [-0.3, -0.25) is 4.98 Å². The summed E-state index contributed by atoms with van der Waals surface area (Å²) in [5, 5.41) is 9.29. The van der Waals surface area contributed by atoms with E-state index in [2.05, 4.69) is 30.9 Å². The van der Waals surface area contributed by atoms with Crippen LogP contribution in [0.1, 0.15) is 18.9 Å². The van der Waals surface area contributed by atoms with Crippen LogP contribution in [0.4, 0.5) is 0 Å². The lowest BCUT2D eigenvalue weighted by Crippen LogP contribution is -1.92. The Morgan fingerprint density at radius 1 is 1.54 bits per heavy atom. The van der Waals surface area contributed by atoms with Gasteiger partial charge in [-0.15, -0.1) is 0 Å². The van der Waals surface area contributed by atoms with Crippen LogP contribution >= 0.6 is 15.9 Å². The molecule has 2 N–H and O–H groups in total. The molecule has 0 bridgehead atoms. The maximum absolute atomic E-state index is 9.29. The van der Waals surface area contributed by atoms with Crippen molar-refractivity contribution in [1.82, 2.24) is 15.0 Å². The van der Waals surface area contributed by atoms with Crippen molar-refractivity contribution < 1.29 is 5.11 Å². The first-order valence-corrected chi connectivity index (χ1v) is 4.65. The predicted octanol–water partition coefficient (Wildman–Crippen LogP) is 1.77. The molecule has 2 aromatic rings. The van der Waals surface area contributed by atoms with Crippen LogP contribution in [0, 0.1) is 0 Å². The molecular weight excluding hydrogens is 234 g/mol. The van der Waals surface area contributed by atoms with Crippen molar-refractivity contribution in [3.63, 3.8) is 0 Å². The number of rotatable bonds is 1. The van der Waals surface area contributed by atoms with Gasteiger partial charge in [0.05, 0.1) is 16.2 Å². The summed E-state index contributed by atoms with van der Waals surface area (Å²) < 4.78 is 0.827. The van der Waals surface area contributed by atoms with E-state index in [0.29, 0.717) is 5.82 Å². The summed E-state index contributed by atoms with van der Waals surface area (Å²) in [6.07, 6.45) is 2.77. The lowest BCUT2D eigenvalue weighted by molar-refractivity contribution is 0.190. The van der Waals surface area contributed by atoms with Gasteiger partial charge in [-0.25, -0.2) is 4.98 Å². The summed E-state index contributed by atoms with van der Waals surface area (Å²) >= 11 is 3.33. The standard InChI is InChI=1S/C8H8BrN3O/c1-4(13)8-11-6-3-10-2-5(9)7(6)12-8/h2-4,13H,1H3,(H,11,12)/t4-/m0/s1. The minimum atomic E-state index is -0.584. The third-order valence-corrected chi connectivity index (χ3v) is 2.34. The molecule has 0 aromatic carbocycles. The zero-order chi connectivity index (χ0) is 9.42. The van der Waals surface area contributed by atoms with E-state index in [0.717, 1.165) is 15.5 Å². The molecule has 0 unspecified atom stereocenters. The Bertz CT molecular complexity index is 438. The Labute approximate surface area is 83.2 Å². The second-order valence-corrected chi connectivity index (χ2v) is 3.67. The lowest BCUT2D eigenvalue weighted by atomic mass is 10.4. The zero-order valence-electron chi connectivity index (χ0n) is 6.95. The molecule has 5 heteroatoms. The molecule has 0 aliphatic heterocycles. The van der Waals surface area contributed by atoms with Crippen molar-refractivity contribution in [2.45, 2.75) is 13.0 Å². The summed E-state index contributed by atoms with van der Waals surface area (Å²) in [6, 6.07) is 0. The monoisotopic (exact) mass is 241 g/mol. The van der Waals surface area contributed by atoms with E-state index in [-0.39, 0.29) is 0 Å². The van der Waals surface area contributed by atoms with E-state index in [1.54, 1.807) is 19.3 Å². The number of nitrogens with one attached hydrogen (secondary N) is 1. The highest BCUT2D eigenvalue weighted by atomic mass is 79.9. The third kappa shape index (κ3) is 1.45. The predicted molar refractivity (Wildman–Crippen MR) is 52.2 cm³/mol. The zero-order valence-corrected chi connectivity index (χ0v) is 8.54. The third-order valence-electron chi connectivity index (χ3n) is 1.76. The molecule has 2 heterocycles. The fraction of sp³-hybridized carbons (Fsp3) is 0.250. The van der Waals surface area contributed by atoms with Gasteiger partial charge in [-0.2, -0.15) is 0 Å². The molecule has 0 radical (unpaired) electrons. The number of aromatic amines is 1. The molecule has 0 spiro atoms. The van der Waals surface area contributed by atoms with Gasteiger partial charge in [-0.1, -0.05) is 0 Å². The molecule has 0 saturated heterocycles. The van der Waals surface area contributed by atoms with Crippen LogP contribution in [-0.2, 0) is 0 Å². The summed E-state index contributed by atoms with van der Waals surface area (Å²) in [4.78, 5) is 11.2. The number of hydrogen-bond donors (Lipinski definition) is 2. The summed E-state index contributed by atoms with van der Waals surface area (Å²) in [7, 11) is 0. The highest BCUT2D eigenvalue weighted by Crippen LogP contribution is 2.21. The number of halogens is 1. The fourth-order valence-electron chi connectivity index (χ4n) is 1.12. The highest BCUT2D eigenvalue weighted by Gasteiger charge is 2.09. The molecule has 0 fully saturated rings. The van der Waals surface area contributed by atoms with Gasteiger partial charge in [0.15, 0.2) is 0 Å². The number of H-pyrrole nitrogens is 1. The van der Waals surface area contributed by atoms with Gasteiger partial charge in [0.25, 0.3) is 0 Å². The first-order chi connectivity index (χ1) is 6.18. The lowest BCUT2D eigenvalue weighted by Gasteiger charge is -1.95. The van der Waals surface area contributed by atoms with Gasteiger partial charge in [0.1, 0.15) is 17.4 Å². The highest BCUT2D eigenvalue weighted by molar-refractivity contribution is 9.10. The van der Waals surface area contributed by atoms with Crippen LogP contribution in [0.2, 0.25) is 0 Å². The van der Waals surface area contributed by atoms with Crippen molar-refractivity contribution >= 4 is 27.0 Å². The molecule has 4 nitrogen and oxygen atoms in total. The summed E-state index contributed by atoms with van der Waals surface area (Å²) in [6.45, 7) is 1.67. The SMILES string of the molecule is C[C@H](O)c1nc2c(Br)cncc2[nH]1. The van der Waals surface area contributed by atoms with Crippen LogP contribution in [0.25, 0.3) is 11.0 Å². The van der Waals surface area contributed by atoms with Crippen LogP contribution in [0.3, 0.4) is 0 Å². The second kappa shape index (κ2) is 3.08. The minimum absolute atomic E-state index is 0.559. The van der Waals surface area contributed by atoms with Gasteiger partial charge in [0, 0.05) is 6.20 Å². The van der Waals surface area contributed by atoms with Crippen molar-refractivity contribution in [3.05, 3.63) is 22.7 Å². The Morgan fingerprint density at radius 2 is 2.31 bits per heavy atom. The summed E-state index contributed by atoms with van der Waals surface area (Å²) in [5.41, 5.74) is 1.62. The molecule has 2 aromatic heterocycles. The van der Waals surface area contributed by atoms with Crippen LogP contribution in [0.5, 0.6) is 0 Å². The first kappa shape index (κ1) is 8.65. The second-order valence-electron chi connectivity index (χ2n) is 2.82. The quantitative estimate of drug-likeness (QED) is 0.801. The average molecular weight is 242 g/mol. The Balaban J connectivity index is 2.68. The number of fused-ring (bicyclic) bond motifs is 1. The van der Waals surface area contributed by atoms with Crippen molar-refractivity contribution in [2.75, 3.05) is 0 Å². The van der Waals surface area contributed by atoms with Crippen molar-refractivity contribution in [2.24, 2.45) is 0 Å². The number of imidazole rings is 1. The molecule has 1 atom stereocenters. The Morgan fingerprint density at radius 3 is 2.92 bits per heavy atom. The van der Waals surface area contributed by atoms with Crippen molar-refractivity contribution in [1.29, 1.82) is 0 Å². The molecule has 13 heavy (non-hydrogen) atoms. The van der Waals surface area contributed by atoms with E-state index >= 15 is 0 Å². The number of pyridine rings is 1. The van der Waals surface area contributed by atoms with E-state index in [1.165, 1.54) is 0 Å². The largest absolute Gasteiger partial charge is 0.385 e. The van der Waals surface area contributed by atoms with Gasteiger partial charge in [-0.05, 0) is 22.9 Å². The van der Waals surface area contributed by atoms with Gasteiger partial charge < -0.3 is 10.1 Å². The minimum Gasteiger partial charge on any atom is -0.385 e. The summed E-state index contributed by atoms with van der Waals surface area (Å²) in [5.74, 6) is 0.559.